The molecule has 2 heterocycles. The maximum absolute atomic E-state index is 10.9. The van der Waals surface area contributed by atoms with Crippen molar-refractivity contribution >= 4 is 11.5 Å². The zero-order valence-corrected chi connectivity index (χ0v) is 6.00. The summed E-state index contributed by atoms with van der Waals surface area (Å²) in [5.74, 6) is 0.227. The average molecular weight is 148 g/mol. The number of fused-ring (bicyclic) bond motifs is 1. The Morgan fingerprint density at radius 1 is 1.55 bits per heavy atom. The number of hydrogen-bond donors (Lipinski definition) is 1. The largest absolute Gasteiger partial charge is 0.378 e. The number of aromatic nitrogens is 1. The summed E-state index contributed by atoms with van der Waals surface area (Å²) in [6.45, 7) is 0.455. The van der Waals surface area contributed by atoms with E-state index in [1.807, 2.05) is 6.07 Å². The lowest BCUT2D eigenvalue weighted by Gasteiger charge is -2.15. The maximum atomic E-state index is 10.9. The van der Waals surface area contributed by atoms with E-state index >= 15 is 0 Å². The lowest BCUT2D eigenvalue weighted by molar-refractivity contribution is -0.117. The minimum atomic E-state index is 0.227. The predicted molar refractivity (Wildman–Crippen MR) is 41.4 cm³/mol. The maximum Gasteiger partial charge on any atom is 0.156 e. The van der Waals surface area contributed by atoms with Crippen molar-refractivity contribution in [3.05, 3.63) is 24.0 Å². The number of nitrogens with one attached hydrogen (secondary N) is 1. The molecule has 0 bridgehead atoms. The van der Waals surface area contributed by atoms with Crippen LogP contribution in [0.15, 0.2) is 18.5 Å². The van der Waals surface area contributed by atoms with Crippen molar-refractivity contribution < 1.29 is 4.79 Å². The van der Waals surface area contributed by atoms with Crippen LogP contribution in [-0.4, -0.2) is 17.3 Å². The van der Waals surface area contributed by atoms with E-state index in [2.05, 4.69) is 10.3 Å². The van der Waals surface area contributed by atoms with Gasteiger partial charge in [-0.2, -0.15) is 0 Å². The molecule has 0 saturated heterocycles. The molecule has 11 heavy (non-hydrogen) atoms. The van der Waals surface area contributed by atoms with E-state index in [1.54, 1.807) is 12.4 Å². The summed E-state index contributed by atoms with van der Waals surface area (Å²) < 4.78 is 0. The minimum absolute atomic E-state index is 0.227. The first kappa shape index (κ1) is 6.34. The molecule has 2 rings (SSSR count). The average Bonchev–Trinajstić information content (AvgIpc) is 2.04. The van der Waals surface area contributed by atoms with Crippen LogP contribution in [0.4, 0.5) is 5.69 Å². The number of Topliss-reactive ketones (excluding diaryl/α,β-unsaturated/α-hetero) is 1. The SMILES string of the molecule is O=C1CNc2ccncc2C1. The van der Waals surface area contributed by atoms with E-state index in [-0.39, 0.29) is 5.78 Å². The molecule has 0 radical (unpaired) electrons. The van der Waals surface area contributed by atoms with Crippen LogP contribution in [-0.2, 0) is 11.2 Å². The van der Waals surface area contributed by atoms with Gasteiger partial charge < -0.3 is 5.32 Å². The number of pyridine rings is 1. The van der Waals surface area contributed by atoms with E-state index in [0.717, 1.165) is 11.3 Å². The van der Waals surface area contributed by atoms with Crippen LogP contribution < -0.4 is 5.32 Å². The number of carbonyl (C=O) groups excluding carboxylic acids is 1. The van der Waals surface area contributed by atoms with Gasteiger partial charge in [-0.25, -0.2) is 0 Å². The highest BCUT2D eigenvalue weighted by Gasteiger charge is 2.13. The molecule has 0 unspecified atom stereocenters. The van der Waals surface area contributed by atoms with Crippen molar-refractivity contribution in [1.82, 2.24) is 4.98 Å². The molecule has 0 aromatic carbocycles. The van der Waals surface area contributed by atoms with Gasteiger partial charge in [-0.1, -0.05) is 0 Å². The van der Waals surface area contributed by atoms with Gasteiger partial charge in [0.05, 0.1) is 6.54 Å². The van der Waals surface area contributed by atoms with Crippen LogP contribution in [0.1, 0.15) is 5.56 Å². The van der Waals surface area contributed by atoms with Crippen LogP contribution in [0.25, 0.3) is 0 Å². The zero-order valence-electron chi connectivity index (χ0n) is 6.00. The summed E-state index contributed by atoms with van der Waals surface area (Å²) in [7, 11) is 0. The standard InChI is InChI=1S/C8H8N2O/c11-7-3-6-4-9-2-1-8(6)10-5-7/h1-2,4,10H,3,5H2. The molecule has 0 aliphatic carbocycles. The van der Waals surface area contributed by atoms with Crippen molar-refractivity contribution in [3.63, 3.8) is 0 Å². The molecule has 0 fully saturated rings. The van der Waals surface area contributed by atoms with Gasteiger partial charge in [0, 0.05) is 30.1 Å². The Morgan fingerprint density at radius 2 is 2.45 bits per heavy atom. The second-order valence-electron chi connectivity index (χ2n) is 2.60. The molecular formula is C8H8N2O. The van der Waals surface area contributed by atoms with Crippen LogP contribution in [0, 0.1) is 0 Å². The number of carbonyl (C=O) groups is 1. The van der Waals surface area contributed by atoms with E-state index < -0.39 is 0 Å². The number of rotatable bonds is 0. The summed E-state index contributed by atoms with van der Waals surface area (Å²) in [6, 6.07) is 1.89. The Kier molecular flexibility index (Phi) is 1.35. The minimum Gasteiger partial charge on any atom is -0.378 e. The van der Waals surface area contributed by atoms with Crippen LogP contribution in [0.3, 0.4) is 0 Å². The summed E-state index contributed by atoms with van der Waals surface area (Å²) in [4.78, 5) is 14.9. The first-order chi connectivity index (χ1) is 5.36. The fraction of sp³-hybridized carbons (Fsp3) is 0.250. The topological polar surface area (TPSA) is 42.0 Å². The van der Waals surface area contributed by atoms with Crippen molar-refractivity contribution in [2.45, 2.75) is 6.42 Å². The van der Waals surface area contributed by atoms with Crippen molar-refractivity contribution in [2.75, 3.05) is 11.9 Å². The number of nitrogens with zero attached hydrogens (tertiary/aromatic N) is 1. The van der Waals surface area contributed by atoms with Crippen molar-refractivity contribution in [1.29, 1.82) is 0 Å². The van der Waals surface area contributed by atoms with E-state index in [1.165, 1.54) is 0 Å². The van der Waals surface area contributed by atoms with E-state index in [4.69, 9.17) is 0 Å². The zero-order chi connectivity index (χ0) is 7.68. The van der Waals surface area contributed by atoms with Gasteiger partial charge in [-0.15, -0.1) is 0 Å². The van der Waals surface area contributed by atoms with Crippen LogP contribution in [0.2, 0.25) is 0 Å². The molecule has 1 aliphatic rings. The third-order valence-electron chi connectivity index (χ3n) is 1.77. The highest BCUT2D eigenvalue weighted by molar-refractivity contribution is 5.89. The smallest absolute Gasteiger partial charge is 0.156 e. The highest BCUT2D eigenvalue weighted by atomic mass is 16.1. The monoisotopic (exact) mass is 148 g/mol. The molecule has 3 heteroatoms. The van der Waals surface area contributed by atoms with Gasteiger partial charge in [0.1, 0.15) is 0 Å². The fourth-order valence-electron chi connectivity index (χ4n) is 1.21. The highest BCUT2D eigenvalue weighted by Crippen LogP contribution is 2.17. The fourth-order valence-corrected chi connectivity index (χ4v) is 1.21. The van der Waals surface area contributed by atoms with Gasteiger partial charge in [0.25, 0.3) is 0 Å². The number of hydrogen-bond acceptors (Lipinski definition) is 3. The third kappa shape index (κ3) is 1.09. The summed E-state index contributed by atoms with van der Waals surface area (Å²) in [5, 5.41) is 3.02. The Labute approximate surface area is 64.5 Å². The second-order valence-corrected chi connectivity index (χ2v) is 2.60. The summed E-state index contributed by atoms with van der Waals surface area (Å²) >= 11 is 0. The first-order valence-electron chi connectivity index (χ1n) is 3.55. The number of anilines is 1. The molecule has 1 aromatic rings. The van der Waals surface area contributed by atoms with Gasteiger partial charge >= 0.3 is 0 Å². The molecule has 0 atom stereocenters. The molecule has 0 amide bonds. The molecule has 0 spiro atoms. The Bertz CT molecular complexity index is 296. The van der Waals surface area contributed by atoms with Crippen molar-refractivity contribution in [2.24, 2.45) is 0 Å². The predicted octanol–water partition coefficient (Wildman–Crippen LogP) is 0.619. The van der Waals surface area contributed by atoms with Gasteiger partial charge in [0.15, 0.2) is 5.78 Å². The second kappa shape index (κ2) is 2.34. The normalized spacial score (nSPS) is 15.5. The molecular weight excluding hydrogens is 140 g/mol. The van der Waals surface area contributed by atoms with Crippen LogP contribution >= 0.6 is 0 Å². The lowest BCUT2D eigenvalue weighted by atomic mass is 10.1. The summed E-state index contributed by atoms with van der Waals surface area (Å²) in [6.07, 6.45) is 3.98. The summed E-state index contributed by atoms with van der Waals surface area (Å²) in [5.41, 5.74) is 2.04. The lowest BCUT2D eigenvalue weighted by Crippen LogP contribution is -2.22. The molecule has 1 N–H and O–H groups in total. The third-order valence-corrected chi connectivity index (χ3v) is 1.77. The quantitative estimate of drug-likeness (QED) is 0.586. The molecule has 0 saturated carbocycles. The Morgan fingerprint density at radius 3 is 3.36 bits per heavy atom. The molecule has 1 aliphatic heterocycles. The molecule has 1 aromatic heterocycles. The number of ketones is 1. The van der Waals surface area contributed by atoms with Gasteiger partial charge in [-0.3, -0.25) is 9.78 Å². The van der Waals surface area contributed by atoms with Gasteiger partial charge in [0.2, 0.25) is 0 Å². The molecule has 3 nitrogen and oxygen atoms in total. The van der Waals surface area contributed by atoms with Crippen molar-refractivity contribution in [3.8, 4) is 0 Å². The molecule has 56 valence electrons. The van der Waals surface area contributed by atoms with Gasteiger partial charge in [-0.05, 0) is 6.07 Å². The van der Waals surface area contributed by atoms with Crippen LogP contribution in [0.5, 0.6) is 0 Å². The Hall–Kier alpha value is -1.38. The van der Waals surface area contributed by atoms with E-state index in [9.17, 15) is 4.79 Å². The van der Waals surface area contributed by atoms with E-state index in [0.29, 0.717) is 13.0 Å². The first-order valence-corrected chi connectivity index (χ1v) is 3.55. The Balaban J connectivity index is 2.41.